The first kappa shape index (κ1) is 15.6. The Balaban J connectivity index is 3.62. The van der Waals surface area contributed by atoms with E-state index in [1.807, 2.05) is 0 Å². The fraction of sp³-hybridized carbons (Fsp3) is 0.300. The van der Waals surface area contributed by atoms with Crippen molar-refractivity contribution in [3.63, 3.8) is 0 Å². The molecule has 0 saturated carbocycles. The zero-order valence-corrected chi connectivity index (χ0v) is 11.0. The first-order valence-corrected chi connectivity index (χ1v) is 7.17. The van der Waals surface area contributed by atoms with Crippen molar-refractivity contribution in [2.45, 2.75) is 24.6 Å². The van der Waals surface area contributed by atoms with Crippen LogP contribution in [0, 0.1) is 11.3 Å². The summed E-state index contributed by atoms with van der Waals surface area (Å²) in [6, 6.07) is 3.50. The van der Waals surface area contributed by atoms with Crippen LogP contribution in [0.2, 0.25) is 0 Å². The number of hydrogen-bond acceptors (Lipinski definition) is 4. The van der Waals surface area contributed by atoms with E-state index in [0.29, 0.717) is 0 Å². The normalized spacial score (nSPS) is 12.0. The Morgan fingerprint density at radius 2 is 2.00 bits per heavy atom. The number of benzene rings is 1. The highest BCUT2D eigenvalue weighted by molar-refractivity contribution is 8.13. The van der Waals surface area contributed by atoms with Crippen molar-refractivity contribution in [3.05, 3.63) is 23.3 Å². The Morgan fingerprint density at radius 3 is 2.37 bits per heavy atom. The highest BCUT2D eigenvalue weighted by Gasteiger charge is 2.35. The molecule has 104 valence electrons. The lowest BCUT2D eigenvalue weighted by Crippen LogP contribution is -2.19. The minimum absolute atomic E-state index is 0.0420. The second-order valence-electron chi connectivity index (χ2n) is 3.41. The monoisotopic (exact) mass is 313 g/mol. The summed E-state index contributed by atoms with van der Waals surface area (Å²) in [7, 11) is 0.591. The molecule has 0 bridgehead atoms. The maximum absolute atomic E-state index is 12.3. The third-order valence-corrected chi connectivity index (χ3v) is 3.45. The number of ether oxygens (including phenoxy) is 1. The van der Waals surface area contributed by atoms with E-state index in [1.54, 1.807) is 6.07 Å². The van der Waals surface area contributed by atoms with Gasteiger partial charge >= 0.3 is 6.36 Å². The molecule has 0 aliphatic rings. The van der Waals surface area contributed by atoms with Crippen LogP contribution in [0.15, 0.2) is 17.0 Å². The fourth-order valence-electron chi connectivity index (χ4n) is 1.40. The van der Waals surface area contributed by atoms with Gasteiger partial charge in [0.05, 0.1) is 11.6 Å². The lowest BCUT2D eigenvalue weighted by atomic mass is 10.1. The molecular formula is C10H7ClF3NO3S. The zero-order chi connectivity index (χ0) is 14.8. The van der Waals surface area contributed by atoms with Gasteiger partial charge in [0.1, 0.15) is 4.90 Å². The van der Waals surface area contributed by atoms with Gasteiger partial charge in [-0.25, -0.2) is 8.42 Å². The van der Waals surface area contributed by atoms with Crippen LogP contribution in [0.5, 0.6) is 5.75 Å². The van der Waals surface area contributed by atoms with E-state index in [1.165, 1.54) is 6.92 Å². The molecule has 0 atom stereocenters. The molecule has 0 spiro atoms. The summed E-state index contributed by atoms with van der Waals surface area (Å²) in [4.78, 5) is -0.873. The number of hydrogen-bond donors (Lipinski definition) is 0. The molecule has 0 aromatic heterocycles. The maximum atomic E-state index is 12.3. The number of halogens is 4. The molecule has 0 radical (unpaired) electrons. The number of alkyl halides is 3. The van der Waals surface area contributed by atoms with Gasteiger partial charge in [-0.3, -0.25) is 0 Å². The van der Waals surface area contributed by atoms with Crippen molar-refractivity contribution in [1.29, 1.82) is 5.26 Å². The van der Waals surface area contributed by atoms with E-state index in [0.717, 1.165) is 12.1 Å². The zero-order valence-electron chi connectivity index (χ0n) is 9.45. The summed E-state index contributed by atoms with van der Waals surface area (Å²) in [6.07, 6.45) is -5.02. The van der Waals surface area contributed by atoms with E-state index in [2.05, 4.69) is 4.74 Å². The van der Waals surface area contributed by atoms with Crippen LogP contribution in [0.25, 0.3) is 0 Å². The Bertz CT molecular complexity index is 635. The molecule has 0 heterocycles. The van der Waals surface area contributed by atoms with Gasteiger partial charge in [-0.15, -0.1) is 13.2 Å². The summed E-state index contributed by atoms with van der Waals surface area (Å²) in [5.41, 5.74) is -0.193. The number of nitrogens with zero attached hydrogens (tertiary/aromatic N) is 1. The first-order chi connectivity index (χ1) is 8.58. The highest BCUT2D eigenvalue weighted by Crippen LogP contribution is 2.36. The average molecular weight is 314 g/mol. The lowest BCUT2D eigenvalue weighted by Gasteiger charge is -2.15. The Kier molecular flexibility index (Phi) is 4.32. The van der Waals surface area contributed by atoms with Gasteiger partial charge in [0, 0.05) is 10.7 Å². The van der Waals surface area contributed by atoms with Crippen molar-refractivity contribution in [2.24, 2.45) is 0 Å². The minimum atomic E-state index is -5.06. The van der Waals surface area contributed by atoms with Gasteiger partial charge in [-0.1, -0.05) is 6.92 Å². The molecule has 4 nitrogen and oxygen atoms in total. The fourth-order valence-corrected chi connectivity index (χ4v) is 2.41. The SMILES string of the molecule is CCc1cc(C#N)cc(S(=O)(=O)Cl)c1OC(F)(F)F. The number of aryl methyl sites for hydroxylation is 1. The second kappa shape index (κ2) is 5.27. The van der Waals surface area contributed by atoms with Crippen LogP contribution in [-0.2, 0) is 15.5 Å². The molecule has 0 amide bonds. The standard InChI is InChI=1S/C10H7ClF3NO3S/c1-2-7-3-6(5-15)4-8(19(11,16)17)9(7)18-10(12,13)14/h3-4H,2H2,1H3. The quantitative estimate of drug-likeness (QED) is 0.805. The number of nitriles is 1. The molecule has 19 heavy (non-hydrogen) atoms. The molecule has 0 fully saturated rings. The first-order valence-electron chi connectivity index (χ1n) is 4.86. The topological polar surface area (TPSA) is 67.2 Å². The van der Waals surface area contributed by atoms with Gasteiger partial charge in [0.25, 0.3) is 9.05 Å². The maximum Gasteiger partial charge on any atom is 0.573 e. The summed E-state index contributed by atoms with van der Waals surface area (Å²) in [6.45, 7) is 1.49. The van der Waals surface area contributed by atoms with Gasteiger partial charge < -0.3 is 4.74 Å². The van der Waals surface area contributed by atoms with E-state index in [9.17, 15) is 21.6 Å². The molecule has 0 saturated heterocycles. The second-order valence-corrected chi connectivity index (χ2v) is 5.95. The molecule has 9 heteroatoms. The van der Waals surface area contributed by atoms with E-state index in [-0.39, 0.29) is 17.5 Å². The van der Waals surface area contributed by atoms with Crippen LogP contribution < -0.4 is 4.74 Å². The molecule has 0 unspecified atom stereocenters. The van der Waals surface area contributed by atoms with E-state index < -0.39 is 26.1 Å². The van der Waals surface area contributed by atoms with Gasteiger partial charge in [0.15, 0.2) is 5.75 Å². The van der Waals surface area contributed by atoms with Crippen LogP contribution in [0.1, 0.15) is 18.1 Å². The summed E-state index contributed by atoms with van der Waals surface area (Å²) >= 11 is 0. The average Bonchev–Trinajstić information content (AvgIpc) is 2.25. The van der Waals surface area contributed by atoms with Crippen LogP contribution >= 0.6 is 10.7 Å². The van der Waals surface area contributed by atoms with Crippen LogP contribution in [0.3, 0.4) is 0 Å². The van der Waals surface area contributed by atoms with Crippen molar-refractivity contribution in [2.75, 3.05) is 0 Å². The Hall–Kier alpha value is -1.46. The van der Waals surface area contributed by atoms with Crippen LogP contribution in [-0.4, -0.2) is 14.8 Å². The predicted molar refractivity (Wildman–Crippen MR) is 60.3 cm³/mol. The molecule has 0 N–H and O–H groups in total. The summed E-state index contributed by atoms with van der Waals surface area (Å²) in [5, 5.41) is 8.72. The highest BCUT2D eigenvalue weighted by atomic mass is 35.7. The molecule has 0 aliphatic carbocycles. The smallest absolute Gasteiger partial charge is 0.404 e. The molecule has 0 aliphatic heterocycles. The van der Waals surface area contributed by atoms with Crippen molar-refractivity contribution in [1.82, 2.24) is 0 Å². The number of rotatable bonds is 3. The van der Waals surface area contributed by atoms with E-state index >= 15 is 0 Å². The Morgan fingerprint density at radius 1 is 1.42 bits per heavy atom. The third kappa shape index (κ3) is 4.01. The Labute approximate surface area is 111 Å². The van der Waals surface area contributed by atoms with Gasteiger partial charge in [-0.05, 0) is 24.1 Å². The minimum Gasteiger partial charge on any atom is -0.404 e. The summed E-state index contributed by atoms with van der Waals surface area (Å²) < 4.78 is 63.1. The third-order valence-electron chi connectivity index (χ3n) is 2.12. The molecular weight excluding hydrogens is 307 g/mol. The molecule has 1 aromatic carbocycles. The molecule has 1 rings (SSSR count). The van der Waals surface area contributed by atoms with Gasteiger partial charge in [-0.2, -0.15) is 5.26 Å². The van der Waals surface area contributed by atoms with Crippen molar-refractivity contribution < 1.29 is 26.3 Å². The largest absolute Gasteiger partial charge is 0.573 e. The van der Waals surface area contributed by atoms with Crippen molar-refractivity contribution in [3.8, 4) is 11.8 Å². The van der Waals surface area contributed by atoms with Gasteiger partial charge in [0.2, 0.25) is 0 Å². The predicted octanol–water partition coefficient (Wildman–Crippen LogP) is 2.95. The van der Waals surface area contributed by atoms with Crippen LogP contribution in [0.4, 0.5) is 13.2 Å². The van der Waals surface area contributed by atoms with E-state index in [4.69, 9.17) is 15.9 Å². The lowest BCUT2D eigenvalue weighted by molar-refractivity contribution is -0.275. The van der Waals surface area contributed by atoms with Crippen molar-refractivity contribution >= 4 is 19.7 Å². The molecule has 1 aromatic rings. The summed E-state index contributed by atoms with van der Waals surface area (Å²) in [5.74, 6) is -0.899.